The molecule has 1 saturated heterocycles. The van der Waals surface area contributed by atoms with Crippen molar-refractivity contribution in [3.63, 3.8) is 0 Å². The summed E-state index contributed by atoms with van der Waals surface area (Å²) in [5, 5.41) is 3.60. The second-order valence-corrected chi connectivity index (χ2v) is 4.38. The highest BCUT2D eigenvalue weighted by atomic mass is 16.5. The van der Waals surface area contributed by atoms with E-state index >= 15 is 0 Å². The fraction of sp³-hybridized carbons (Fsp3) is 1.00. The highest BCUT2D eigenvalue weighted by molar-refractivity contribution is 4.94. The van der Waals surface area contributed by atoms with Gasteiger partial charge >= 0.3 is 0 Å². The molecule has 0 radical (unpaired) electrons. The van der Waals surface area contributed by atoms with E-state index in [1.807, 2.05) is 0 Å². The molecule has 2 rings (SSSR count). The Morgan fingerprint density at radius 1 is 1.50 bits per heavy atom. The number of ether oxygens (including phenoxy) is 1. The molecule has 12 heavy (non-hydrogen) atoms. The smallest absolute Gasteiger partial charge is 0.0780 e. The molecule has 2 heteroatoms. The standard InChI is InChI=1S/C10H19NO/c1-3-10(2)7-11-8-5-4-6-9(8)12-10/h8-9,11H,3-7H2,1-2H3. The second kappa shape index (κ2) is 3.00. The summed E-state index contributed by atoms with van der Waals surface area (Å²) in [4.78, 5) is 0. The summed E-state index contributed by atoms with van der Waals surface area (Å²) in [6.07, 6.45) is 5.52. The summed E-state index contributed by atoms with van der Waals surface area (Å²) in [5.74, 6) is 0. The van der Waals surface area contributed by atoms with Crippen molar-refractivity contribution in [3.8, 4) is 0 Å². The van der Waals surface area contributed by atoms with Gasteiger partial charge in [-0.05, 0) is 32.6 Å². The van der Waals surface area contributed by atoms with Gasteiger partial charge in [0.15, 0.2) is 0 Å². The van der Waals surface area contributed by atoms with Gasteiger partial charge in [0.2, 0.25) is 0 Å². The molecule has 2 nitrogen and oxygen atoms in total. The minimum absolute atomic E-state index is 0.103. The Kier molecular flexibility index (Phi) is 2.13. The van der Waals surface area contributed by atoms with Gasteiger partial charge < -0.3 is 10.1 Å². The number of hydrogen-bond donors (Lipinski definition) is 1. The van der Waals surface area contributed by atoms with E-state index in [1.165, 1.54) is 19.3 Å². The third-order valence-corrected chi connectivity index (χ3v) is 3.37. The second-order valence-electron chi connectivity index (χ2n) is 4.38. The Hall–Kier alpha value is -0.0800. The molecule has 2 fully saturated rings. The SMILES string of the molecule is CCC1(C)CNC2CCCC2O1. The number of fused-ring (bicyclic) bond motifs is 1. The maximum atomic E-state index is 6.08. The topological polar surface area (TPSA) is 21.3 Å². The first-order chi connectivity index (χ1) is 5.73. The van der Waals surface area contributed by atoms with Crippen LogP contribution in [0, 0.1) is 0 Å². The van der Waals surface area contributed by atoms with E-state index in [9.17, 15) is 0 Å². The highest BCUT2D eigenvalue weighted by Gasteiger charge is 2.39. The molecule has 0 spiro atoms. The molecule has 70 valence electrons. The first-order valence-corrected chi connectivity index (χ1v) is 5.15. The van der Waals surface area contributed by atoms with E-state index < -0.39 is 0 Å². The molecule has 1 saturated carbocycles. The van der Waals surface area contributed by atoms with Crippen molar-refractivity contribution >= 4 is 0 Å². The largest absolute Gasteiger partial charge is 0.369 e. The van der Waals surface area contributed by atoms with E-state index in [2.05, 4.69) is 19.2 Å². The van der Waals surface area contributed by atoms with Crippen LogP contribution in [0.3, 0.4) is 0 Å². The maximum Gasteiger partial charge on any atom is 0.0780 e. The van der Waals surface area contributed by atoms with Gasteiger partial charge in [-0.3, -0.25) is 0 Å². The Balaban J connectivity index is 2.00. The molecule has 2 aliphatic rings. The summed E-state index contributed by atoms with van der Waals surface area (Å²) in [6.45, 7) is 5.45. The molecule has 3 unspecified atom stereocenters. The number of nitrogens with one attached hydrogen (secondary N) is 1. The fourth-order valence-corrected chi connectivity index (χ4v) is 2.26. The zero-order valence-electron chi connectivity index (χ0n) is 8.10. The lowest BCUT2D eigenvalue weighted by Crippen LogP contribution is -2.55. The minimum atomic E-state index is 0.103. The molecule has 1 aliphatic carbocycles. The molecule has 0 amide bonds. The zero-order valence-corrected chi connectivity index (χ0v) is 8.10. The zero-order chi connectivity index (χ0) is 8.60. The van der Waals surface area contributed by atoms with Crippen molar-refractivity contribution in [1.82, 2.24) is 5.32 Å². The monoisotopic (exact) mass is 169 g/mol. The van der Waals surface area contributed by atoms with Crippen LogP contribution in [0.15, 0.2) is 0 Å². The highest BCUT2D eigenvalue weighted by Crippen LogP contribution is 2.31. The summed E-state index contributed by atoms with van der Waals surface area (Å²) in [7, 11) is 0. The first kappa shape index (κ1) is 8.52. The third-order valence-electron chi connectivity index (χ3n) is 3.37. The quantitative estimate of drug-likeness (QED) is 0.645. The van der Waals surface area contributed by atoms with E-state index in [-0.39, 0.29) is 5.60 Å². The fourth-order valence-electron chi connectivity index (χ4n) is 2.26. The summed E-state index contributed by atoms with van der Waals surface area (Å²) >= 11 is 0. The van der Waals surface area contributed by atoms with Crippen molar-refractivity contribution in [2.45, 2.75) is 57.3 Å². The van der Waals surface area contributed by atoms with Gasteiger partial charge in [-0.1, -0.05) is 6.92 Å². The minimum Gasteiger partial charge on any atom is -0.369 e. The number of hydrogen-bond acceptors (Lipinski definition) is 2. The summed E-state index contributed by atoms with van der Waals surface area (Å²) < 4.78 is 6.08. The van der Waals surface area contributed by atoms with Crippen LogP contribution in [0.5, 0.6) is 0 Å². The van der Waals surface area contributed by atoms with Gasteiger partial charge in [0.05, 0.1) is 11.7 Å². The lowest BCUT2D eigenvalue weighted by atomic mass is 9.99. The van der Waals surface area contributed by atoms with Crippen molar-refractivity contribution in [1.29, 1.82) is 0 Å². The normalized spacial score (nSPS) is 47.5. The molecule has 0 aromatic carbocycles. The van der Waals surface area contributed by atoms with Gasteiger partial charge in [-0.15, -0.1) is 0 Å². The molecule has 1 heterocycles. The molecule has 0 aromatic rings. The van der Waals surface area contributed by atoms with Crippen molar-refractivity contribution in [2.75, 3.05) is 6.54 Å². The van der Waals surface area contributed by atoms with Crippen LogP contribution >= 0.6 is 0 Å². The van der Waals surface area contributed by atoms with Crippen LogP contribution in [-0.2, 0) is 4.74 Å². The molecule has 0 bridgehead atoms. The predicted octanol–water partition coefficient (Wildman–Crippen LogP) is 1.70. The first-order valence-electron chi connectivity index (χ1n) is 5.15. The van der Waals surface area contributed by atoms with Crippen LogP contribution in [-0.4, -0.2) is 24.3 Å². The van der Waals surface area contributed by atoms with Crippen LogP contribution < -0.4 is 5.32 Å². The number of rotatable bonds is 1. The predicted molar refractivity (Wildman–Crippen MR) is 49.2 cm³/mol. The molecule has 3 atom stereocenters. The van der Waals surface area contributed by atoms with Gasteiger partial charge in [-0.25, -0.2) is 0 Å². The van der Waals surface area contributed by atoms with Crippen LogP contribution in [0.25, 0.3) is 0 Å². The van der Waals surface area contributed by atoms with E-state index in [1.54, 1.807) is 0 Å². The Morgan fingerprint density at radius 3 is 3.08 bits per heavy atom. The van der Waals surface area contributed by atoms with E-state index in [0.29, 0.717) is 12.1 Å². The average Bonchev–Trinajstić information content (AvgIpc) is 2.51. The Morgan fingerprint density at radius 2 is 2.33 bits per heavy atom. The van der Waals surface area contributed by atoms with Crippen molar-refractivity contribution in [2.24, 2.45) is 0 Å². The van der Waals surface area contributed by atoms with Crippen LogP contribution in [0.1, 0.15) is 39.5 Å². The van der Waals surface area contributed by atoms with Gasteiger partial charge in [0, 0.05) is 12.6 Å². The third kappa shape index (κ3) is 1.38. The van der Waals surface area contributed by atoms with E-state index in [4.69, 9.17) is 4.74 Å². The molecule has 1 N–H and O–H groups in total. The summed E-state index contributed by atoms with van der Waals surface area (Å²) in [5.41, 5.74) is 0.103. The van der Waals surface area contributed by atoms with Crippen molar-refractivity contribution in [3.05, 3.63) is 0 Å². The van der Waals surface area contributed by atoms with Gasteiger partial charge in [0.1, 0.15) is 0 Å². The number of morpholine rings is 1. The average molecular weight is 169 g/mol. The molecule has 1 aliphatic heterocycles. The van der Waals surface area contributed by atoms with Crippen molar-refractivity contribution < 1.29 is 4.74 Å². The Labute approximate surface area is 74.7 Å². The Bertz CT molecular complexity index is 171. The van der Waals surface area contributed by atoms with Crippen LogP contribution in [0.4, 0.5) is 0 Å². The summed E-state index contributed by atoms with van der Waals surface area (Å²) in [6, 6.07) is 0.657. The molecule has 0 aromatic heterocycles. The van der Waals surface area contributed by atoms with Crippen LogP contribution in [0.2, 0.25) is 0 Å². The van der Waals surface area contributed by atoms with Gasteiger partial charge in [-0.2, -0.15) is 0 Å². The lowest BCUT2D eigenvalue weighted by Gasteiger charge is -2.40. The maximum absolute atomic E-state index is 6.08. The van der Waals surface area contributed by atoms with E-state index in [0.717, 1.165) is 13.0 Å². The molecular weight excluding hydrogens is 150 g/mol. The lowest BCUT2D eigenvalue weighted by molar-refractivity contribution is -0.117. The van der Waals surface area contributed by atoms with Gasteiger partial charge in [0.25, 0.3) is 0 Å². The molecular formula is C10H19NO.